The Labute approximate surface area is 112 Å². The lowest BCUT2D eigenvalue weighted by Crippen LogP contribution is -2.14. The van der Waals surface area contributed by atoms with Gasteiger partial charge in [0.25, 0.3) is 0 Å². The normalized spacial score (nSPS) is 12.1. The van der Waals surface area contributed by atoms with Crippen molar-refractivity contribution in [2.75, 3.05) is 11.9 Å². The van der Waals surface area contributed by atoms with Crippen LogP contribution in [0.25, 0.3) is 0 Å². The minimum absolute atomic E-state index is 0.469. The van der Waals surface area contributed by atoms with Gasteiger partial charge in [-0.25, -0.2) is 9.97 Å². The van der Waals surface area contributed by atoms with E-state index < -0.39 is 0 Å². The number of nitrogens with one attached hydrogen (secondary N) is 1. The van der Waals surface area contributed by atoms with Crippen LogP contribution in [0.3, 0.4) is 0 Å². The molecule has 94 valence electrons. The van der Waals surface area contributed by atoms with E-state index in [0.29, 0.717) is 11.2 Å². The second-order valence-corrected chi connectivity index (χ2v) is 5.66. The first kappa shape index (κ1) is 12.9. The molecule has 0 aliphatic heterocycles. The Balaban J connectivity index is 1.83. The second-order valence-electron chi connectivity index (χ2n) is 4.14. The Morgan fingerprint density at radius 1 is 1.22 bits per heavy atom. The lowest BCUT2D eigenvalue weighted by molar-refractivity contribution is 0.961. The molecule has 2 aromatic rings. The minimum atomic E-state index is 0.469. The van der Waals surface area contributed by atoms with Crippen molar-refractivity contribution in [3.8, 4) is 0 Å². The summed E-state index contributed by atoms with van der Waals surface area (Å²) in [5, 5.41) is 3.73. The van der Waals surface area contributed by atoms with Crippen LogP contribution in [0.1, 0.15) is 12.6 Å². The quantitative estimate of drug-likeness (QED) is 0.835. The van der Waals surface area contributed by atoms with Crippen LogP contribution >= 0.6 is 11.8 Å². The van der Waals surface area contributed by atoms with Gasteiger partial charge in [-0.15, -0.1) is 11.8 Å². The van der Waals surface area contributed by atoms with Gasteiger partial charge in [-0.2, -0.15) is 0 Å². The Hall–Kier alpha value is -1.55. The van der Waals surface area contributed by atoms with Gasteiger partial charge in [-0.1, -0.05) is 25.1 Å². The van der Waals surface area contributed by atoms with Gasteiger partial charge in [-0.05, 0) is 25.1 Å². The van der Waals surface area contributed by atoms with Crippen LogP contribution in [0.15, 0.2) is 47.5 Å². The highest BCUT2D eigenvalue weighted by Crippen LogP contribution is 2.22. The molecule has 1 N–H and O–H groups in total. The van der Waals surface area contributed by atoms with Gasteiger partial charge in [0.2, 0.25) is 5.95 Å². The zero-order valence-electron chi connectivity index (χ0n) is 10.6. The second kappa shape index (κ2) is 6.40. The fraction of sp³-hybridized carbons (Fsp3) is 0.286. The first-order valence-corrected chi connectivity index (χ1v) is 6.87. The van der Waals surface area contributed by atoms with Gasteiger partial charge in [0, 0.05) is 28.6 Å². The number of thioether (sulfide) groups is 1. The van der Waals surface area contributed by atoms with E-state index >= 15 is 0 Å². The maximum Gasteiger partial charge on any atom is 0.222 e. The van der Waals surface area contributed by atoms with Gasteiger partial charge < -0.3 is 5.32 Å². The van der Waals surface area contributed by atoms with Crippen LogP contribution in [0.4, 0.5) is 5.95 Å². The standard InChI is InChI=1S/C14H17N3S/c1-11-8-9-15-14(17-11)16-10-12(2)18-13-6-4-3-5-7-13/h3-9,12H,10H2,1-2H3,(H,15,16,17). The minimum Gasteiger partial charge on any atom is -0.353 e. The highest BCUT2D eigenvalue weighted by Gasteiger charge is 2.05. The number of aromatic nitrogens is 2. The molecule has 1 atom stereocenters. The van der Waals surface area contributed by atoms with Crippen molar-refractivity contribution in [2.24, 2.45) is 0 Å². The van der Waals surface area contributed by atoms with Gasteiger partial charge in [0.1, 0.15) is 0 Å². The van der Waals surface area contributed by atoms with Crippen molar-refractivity contribution in [3.05, 3.63) is 48.3 Å². The average Bonchev–Trinajstić information content (AvgIpc) is 2.38. The van der Waals surface area contributed by atoms with E-state index in [-0.39, 0.29) is 0 Å². The lowest BCUT2D eigenvalue weighted by atomic mass is 10.4. The molecule has 0 fully saturated rings. The maximum absolute atomic E-state index is 4.32. The molecule has 0 radical (unpaired) electrons. The van der Waals surface area contributed by atoms with Crippen LogP contribution in [0, 0.1) is 6.92 Å². The number of nitrogens with zero attached hydrogens (tertiary/aromatic N) is 2. The molecule has 0 bridgehead atoms. The average molecular weight is 259 g/mol. The Kier molecular flexibility index (Phi) is 4.59. The first-order valence-electron chi connectivity index (χ1n) is 5.99. The van der Waals surface area contributed by atoms with Gasteiger partial charge in [-0.3, -0.25) is 0 Å². The van der Waals surface area contributed by atoms with Gasteiger partial charge >= 0.3 is 0 Å². The molecule has 2 rings (SSSR count). The molecule has 0 spiro atoms. The molecular formula is C14H17N3S. The van der Waals surface area contributed by atoms with Crippen molar-refractivity contribution < 1.29 is 0 Å². The zero-order chi connectivity index (χ0) is 12.8. The van der Waals surface area contributed by atoms with E-state index in [4.69, 9.17) is 0 Å². The Bertz CT molecular complexity index is 487. The fourth-order valence-corrected chi connectivity index (χ4v) is 2.49. The maximum atomic E-state index is 4.32. The van der Waals surface area contributed by atoms with Crippen LogP contribution in [-0.2, 0) is 0 Å². The summed E-state index contributed by atoms with van der Waals surface area (Å²) in [6.07, 6.45) is 1.78. The van der Waals surface area contributed by atoms with Gasteiger partial charge in [0.15, 0.2) is 0 Å². The van der Waals surface area contributed by atoms with E-state index in [1.165, 1.54) is 4.90 Å². The zero-order valence-corrected chi connectivity index (χ0v) is 11.4. The topological polar surface area (TPSA) is 37.8 Å². The molecule has 18 heavy (non-hydrogen) atoms. The SMILES string of the molecule is Cc1ccnc(NCC(C)Sc2ccccc2)n1. The predicted molar refractivity (Wildman–Crippen MR) is 77.0 cm³/mol. The van der Waals surface area contributed by atoms with E-state index in [1.54, 1.807) is 6.20 Å². The molecule has 1 aromatic heterocycles. The van der Waals surface area contributed by atoms with Crippen LogP contribution in [0.2, 0.25) is 0 Å². The number of rotatable bonds is 5. The summed E-state index contributed by atoms with van der Waals surface area (Å²) in [6.45, 7) is 5.01. The van der Waals surface area contributed by atoms with E-state index in [0.717, 1.165) is 12.2 Å². The van der Waals surface area contributed by atoms with E-state index in [2.05, 4.69) is 46.5 Å². The lowest BCUT2D eigenvalue weighted by Gasteiger charge is -2.12. The number of hydrogen-bond donors (Lipinski definition) is 1. The number of hydrogen-bond acceptors (Lipinski definition) is 4. The Morgan fingerprint density at radius 3 is 2.72 bits per heavy atom. The molecule has 0 saturated carbocycles. The van der Waals surface area contributed by atoms with Crippen molar-refractivity contribution in [1.29, 1.82) is 0 Å². The summed E-state index contributed by atoms with van der Waals surface area (Å²) in [5.74, 6) is 0.704. The third-order valence-corrected chi connectivity index (χ3v) is 3.54. The summed E-state index contributed by atoms with van der Waals surface area (Å²) in [6, 6.07) is 12.3. The summed E-state index contributed by atoms with van der Waals surface area (Å²) in [7, 11) is 0. The van der Waals surface area contributed by atoms with Crippen molar-refractivity contribution in [1.82, 2.24) is 9.97 Å². The van der Waals surface area contributed by atoms with Crippen LogP contribution < -0.4 is 5.32 Å². The number of anilines is 1. The van der Waals surface area contributed by atoms with E-state index in [1.807, 2.05) is 30.8 Å². The molecule has 1 aromatic carbocycles. The van der Waals surface area contributed by atoms with Crippen LogP contribution in [0.5, 0.6) is 0 Å². The molecule has 0 saturated heterocycles. The third kappa shape index (κ3) is 4.04. The molecule has 0 amide bonds. The van der Waals surface area contributed by atoms with Crippen LogP contribution in [-0.4, -0.2) is 21.8 Å². The predicted octanol–water partition coefficient (Wildman–Crippen LogP) is 3.38. The van der Waals surface area contributed by atoms with E-state index in [9.17, 15) is 0 Å². The van der Waals surface area contributed by atoms with Crippen molar-refractivity contribution in [3.63, 3.8) is 0 Å². The largest absolute Gasteiger partial charge is 0.353 e. The summed E-state index contributed by atoms with van der Waals surface area (Å²) in [4.78, 5) is 9.80. The van der Waals surface area contributed by atoms with Crippen molar-refractivity contribution in [2.45, 2.75) is 24.0 Å². The fourth-order valence-electron chi connectivity index (χ4n) is 1.54. The van der Waals surface area contributed by atoms with Gasteiger partial charge in [0.05, 0.1) is 0 Å². The molecule has 0 aliphatic rings. The molecule has 1 heterocycles. The Morgan fingerprint density at radius 2 is 2.00 bits per heavy atom. The molecular weight excluding hydrogens is 242 g/mol. The number of benzene rings is 1. The monoisotopic (exact) mass is 259 g/mol. The summed E-state index contributed by atoms with van der Waals surface area (Å²) >= 11 is 1.85. The summed E-state index contributed by atoms with van der Waals surface area (Å²) in [5.41, 5.74) is 0.982. The smallest absolute Gasteiger partial charge is 0.222 e. The number of aryl methyl sites for hydroxylation is 1. The third-order valence-electron chi connectivity index (χ3n) is 2.42. The molecule has 1 unspecified atom stereocenters. The highest BCUT2D eigenvalue weighted by atomic mass is 32.2. The molecule has 3 nitrogen and oxygen atoms in total. The summed E-state index contributed by atoms with van der Waals surface area (Å²) < 4.78 is 0. The molecule has 0 aliphatic carbocycles. The first-order chi connectivity index (χ1) is 8.74. The van der Waals surface area contributed by atoms with Crippen molar-refractivity contribution >= 4 is 17.7 Å². The highest BCUT2D eigenvalue weighted by molar-refractivity contribution is 8.00. The molecule has 4 heteroatoms.